The molecule has 3 aliphatic rings. The molecular weight excluding hydrogens is 787 g/mol. The Kier molecular flexibility index (Phi) is 16.9. The molecule has 3 aliphatic heterocycles. The molecule has 0 saturated carbocycles. The first-order valence-corrected chi connectivity index (χ1v) is 22.0. The minimum atomic E-state index is -1.10. The summed E-state index contributed by atoms with van der Waals surface area (Å²) in [5.41, 5.74) is -0.492. The predicted molar refractivity (Wildman–Crippen MR) is 228 cm³/mol. The highest BCUT2D eigenvalue weighted by Gasteiger charge is 2.52. The van der Waals surface area contributed by atoms with E-state index in [4.69, 9.17) is 33.2 Å². The quantitative estimate of drug-likeness (QED) is 0.295. The Morgan fingerprint density at radius 1 is 0.885 bits per heavy atom. The van der Waals surface area contributed by atoms with Crippen LogP contribution in [0.4, 0.5) is 0 Å². The van der Waals surface area contributed by atoms with E-state index in [9.17, 15) is 20.1 Å². The lowest BCUT2D eigenvalue weighted by atomic mass is 9.75. The first-order chi connectivity index (χ1) is 28.7. The van der Waals surface area contributed by atoms with Gasteiger partial charge in [-0.15, -0.1) is 5.10 Å². The lowest BCUT2D eigenvalue weighted by Gasteiger charge is -2.49. The summed E-state index contributed by atoms with van der Waals surface area (Å²) in [6.07, 6.45) is -5.00. The molecule has 1 aromatic carbocycles. The summed E-state index contributed by atoms with van der Waals surface area (Å²) < 4.78 is 47.0. The van der Waals surface area contributed by atoms with Gasteiger partial charge in [0.15, 0.2) is 12.6 Å². The van der Waals surface area contributed by atoms with E-state index in [0.717, 1.165) is 5.56 Å². The zero-order valence-electron chi connectivity index (χ0n) is 38.7. The van der Waals surface area contributed by atoms with Crippen molar-refractivity contribution in [2.45, 2.75) is 160 Å². The number of hydrogen-bond donors (Lipinski definition) is 3. The fourth-order valence-corrected chi connectivity index (χ4v) is 9.80. The summed E-state index contributed by atoms with van der Waals surface area (Å²) >= 11 is 0. The van der Waals surface area contributed by atoms with Gasteiger partial charge in [0.1, 0.15) is 24.0 Å². The number of aliphatic hydroxyl groups excluding tert-OH is 3. The molecule has 61 heavy (non-hydrogen) atoms. The summed E-state index contributed by atoms with van der Waals surface area (Å²) in [6.45, 7) is 16.3. The van der Waals surface area contributed by atoms with Crippen LogP contribution in [0, 0.1) is 23.7 Å². The molecule has 16 nitrogen and oxygen atoms in total. The van der Waals surface area contributed by atoms with Crippen molar-refractivity contribution >= 4 is 5.97 Å². The van der Waals surface area contributed by atoms with Gasteiger partial charge in [0.05, 0.1) is 60.4 Å². The highest BCUT2D eigenvalue weighted by molar-refractivity contribution is 5.73. The largest absolute Gasteiger partial charge is 0.459 e. The normalized spacial score (nSPS) is 41.5. The number of likely N-dealkylation sites (N-methyl/N-ethyl adjacent to an activating group) is 2. The first-order valence-electron chi connectivity index (χ1n) is 22.0. The maximum Gasteiger partial charge on any atom is 0.311 e. The van der Waals surface area contributed by atoms with E-state index in [-0.39, 0.29) is 36.9 Å². The number of nitrogens with zero attached hydrogens (tertiary/aromatic N) is 5. The molecule has 0 amide bonds. The van der Waals surface area contributed by atoms with Crippen molar-refractivity contribution in [2.75, 3.05) is 48.5 Å². The Labute approximate surface area is 363 Å². The zero-order valence-corrected chi connectivity index (χ0v) is 38.7. The number of ether oxygens (including phenoxy) is 7. The number of methoxy groups -OCH3 is 2. The molecule has 0 spiro atoms. The minimum Gasteiger partial charge on any atom is -0.459 e. The maximum atomic E-state index is 14.7. The molecule has 2 aromatic rings. The molecule has 0 radical (unpaired) electrons. The van der Waals surface area contributed by atoms with Gasteiger partial charge in [0, 0.05) is 51.3 Å². The number of hydrogen-bond acceptors (Lipinski definition) is 15. The molecule has 5 rings (SSSR count). The summed E-state index contributed by atoms with van der Waals surface area (Å²) in [6, 6.07) is 9.49. The van der Waals surface area contributed by atoms with E-state index < -0.39 is 84.3 Å². The van der Waals surface area contributed by atoms with Crippen molar-refractivity contribution in [1.82, 2.24) is 24.8 Å². The Morgan fingerprint density at radius 2 is 1.56 bits per heavy atom. The number of carbonyl (C=O) groups is 1. The van der Waals surface area contributed by atoms with Gasteiger partial charge in [0.2, 0.25) is 0 Å². The summed E-state index contributed by atoms with van der Waals surface area (Å²) in [7, 11) is 8.94. The van der Waals surface area contributed by atoms with Crippen molar-refractivity contribution in [1.29, 1.82) is 0 Å². The Hall–Kier alpha value is -2.61. The second kappa shape index (κ2) is 20.9. The summed E-state index contributed by atoms with van der Waals surface area (Å²) in [5, 5.41) is 43.6. The molecule has 4 heterocycles. The van der Waals surface area contributed by atoms with E-state index in [1.165, 1.54) is 0 Å². The Balaban J connectivity index is 1.58. The second-order valence-corrected chi connectivity index (χ2v) is 19.0. The van der Waals surface area contributed by atoms with Crippen LogP contribution in [0.15, 0.2) is 36.5 Å². The average Bonchev–Trinajstić information content (AvgIpc) is 3.69. The molecule has 346 valence electrons. The SMILES string of the molecule is CO[C@]1(C)C[C@@H](C)[C@H](O)[C@H](C)CN(C)C[C@@H](Cn2cc(-c3ccccc3)nn2)OC(=O)[C@H](C)[C@@H](O[C@H]2C[C@@](C)(OC)[C@@H](O)[C@H](C)O2)[C@H](C)[C@H]1O[C@@H]1O[C@H](C)C[C@H](N(C)C)[C@H]1O. The van der Waals surface area contributed by atoms with Crippen molar-refractivity contribution in [3.05, 3.63) is 36.5 Å². The van der Waals surface area contributed by atoms with Crippen molar-refractivity contribution < 1.29 is 53.3 Å². The molecule has 3 saturated heterocycles. The fourth-order valence-electron chi connectivity index (χ4n) is 9.80. The Bertz CT molecular complexity index is 1670. The van der Waals surface area contributed by atoms with Crippen LogP contribution in [0.5, 0.6) is 0 Å². The maximum absolute atomic E-state index is 14.7. The van der Waals surface area contributed by atoms with Crippen LogP contribution < -0.4 is 0 Å². The number of carbonyl (C=O) groups excluding carboxylic acids is 1. The third-order valence-electron chi connectivity index (χ3n) is 13.6. The lowest BCUT2D eigenvalue weighted by Crippen LogP contribution is -2.61. The van der Waals surface area contributed by atoms with E-state index >= 15 is 0 Å². The van der Waals surface area contributed by atoms with Gasteiger partial charge in [-0.3, -0.25) is 4.79 Å². The van der Waals surface area contributed by atoms with Crippen LogP contribution in [0.2, 0.25) is 0 Å². The van der Waals surface area contributed by atoms with Crippen molar-refractivity contribution in [2.24, 2.45) is 23.7 Å². The van der Waals surface area contributed by atoms with Gasteiger partial charge >= 0.3 is 5.97 Å². The van der Waals surface area contributed by atoms with Gasteiger partial charge in [-0.05, 0) is 80.4 Å². The third-order valence-corrected chi connectivity index (χ3v) is 13.6. The van der Waals surface area contributed by atoms with Crippen LogP contribution in [0.1, 0.15) is 74.7 Å². The molecule has 17 atom stereocenters. The Morgan fingerprint density at radius 3 is 2.20 bits per heavy atom. The number of cyclic esters (lactones) is 1. The number of benzene rings is 1. The molecular formula is C45H75N5O11. The zero-order chi connectivity index (χ0) is 45.0. The van der Waals surface area contributed by atoms with Crippen LogP contribution >= 0.6 is 0 Å². The van der Waals surface area contributed by atoms with E-state index in [0.29, 0.717) is 31.6 Å². The van der Waals surface area contributed by atoms with Gasteiger partial charge < -0.3 is 58.3 Å². The molecule has 3 N–H and O–H groups in total. The highest BCUT2D eigenvalue weighted by Crippen LogP contribution is 2.41. The van der Waals surface area contributed by atoms with E-state index in [1.807, 2.05) is 104 Å². The fraction of sp³-hybridized carbons (Fsp3) is 0.800. The third kappa shape index (κ3) is 11.8. The molecule has 1 aromatic heterocycles. The number of rotatable bonds is 10. The van der Waals surface area contributed by atoms with E-state index in [2.05, 4.69) is 15.2 Å². The van der Waals surface area contributed by atoms with E-state index in [1.54, 1.807) is 32.7 Å². The van der Waals surface area contributed by atoms with Crippen LogP contribution in [-0.2, 0) is 44.5 Å². The smallest absolute Gasteiger partial charge is 0.311 e. The molecule has 0 bridgehead atoms. The number of esters is 1. The molecule has 16 heteroatoms. The van der Waals surface area contributed by atoms with Crippen molar-refractivity contribution in [3.63, 3.8) is 0 Å². The average molecular weight is 862 g/mol. The molecule has 0 aliphatic carbocycles. The molecule has 3 fully saturated rings. The van der Waals surface area contributed by atoms with Gasteiger partial charge in [-0.1, -0.05) is 56.3 Å². The molecule has 0 unspecified atom stereocenters. The van der Waals surface area contributed by atoms with Crippen LogP contribution in [-0.4, -0.2) is 173 Å². The van der Waals surface area contributed by atoms with Gasteiger partial charge in [0.25, 0.3) is 0 Å². The predicted octanol–water partition coefficient (Wildman–Crippen LogP) is 3.60. The highest BCUT2D eigenvalue weighted by atomic mass is 16.7. The van der Waals surface area contributed by atoms with Gasteiger partial charge in [-0.25, -0.2) is 4.68 Å². The van der Waals surface area contributed by atoms with Crippen molar-refractivity contribution in [3.8, 4) is 11.3 Å². The number of aliphatic hydroxyl groups is 3. The first kappa shape index (κ1) is 49.4. The topological polar surface area (TPSA) is 180 Å². The minimum absolute atomic E-state index is 0.171. The second-order valence-electron chi connectivity index (χ2n) is 19.0. The standard InChI is InChI=1S/C45H75N5O11/c1-26-20-45(8,56-13)41(61-43-38(52)35(48(9)10)19-28(3)57-43)29(4)39(60-36-21-44(7,55-12)40(53)31(6)58-36)30(5)42(54)59-33(23-49(11)22-27(2)37(26)51)24-50-25-34(46-47-50)32-17-15-14-16-18-32/h14-18,25-31,33,35-41,43,51-53H,19-24H2,1-13H3/t26-,27-,28-,29+,30-,31+,33+,35+,36+,37+,38-,39+,40+,41-,43+,44-,45-/m1/s1. The van der Waals surface area contributed by atoms with Crippen LogP contribution in [0.25, 0.3) is 11.3 Å². The monoisotopic (exact) mass is 862 g/mol. The van der Waals surface area contributed by atoms with Gasteiger partial charge in [-0.2, -0.15) is 0 Å². The summed E-state index contributed by atoms with van der Waals surface area (Å²) in [5.74, 6) is -2.50. The lowest BCUT2D eigenvalue weighted by molar-refractivity contribution is -0.319. The number of aromatic nitrogens is 3. The van der Waals surface area contributed by atoms with Crippen LogP contribution in [0.3, 0.4) is 0 Å². The summed E-state index contributed by atoms with van der Waals surface area (Å²) in [4.78, 5) is 18.8.